The summed E-state index contributed by atoms with van der Waals surface area (Å²) in [7, 11) is 0. The molecule has 0 aromatic heterocycles. The van der Waals surface area contributed by atoms with Crippen LogP contribution in [0.4, 0.5) is 4.39 Å². The minimum Gasteiger partial charge on any atom is -0.327 e. The fraction of sp³-hybridized carbons (Fsp3) is 0.208. The van der Waals surface area contributed by atoms with Crippen LogP contribution in [0.1, 0.15) is 27.5 Å². The molecule has 3 aromatic rings. The summed E-state index contributed by atoms with van der Waals surface area (Å²) in [5, 5.41) is 0. The zero-order valence-electron chi connectivity index (χ0n) is 15.7. The van der Waals surface area contributed by atoms with Crippen LogP contribution in [0.3, 0.4) is 0 Å². The molecule has 3 nitrogen and oxygen atoms in total. The first-order valence-electron chi connectivity index (χ1n) is 9.72. The number of benzene rings is 3. The molecular weight excluding hydrogens is 351 g/mol. The maximum atomic E-state index is 13.5. The van der Waals surface area contributed by atoms with Gasteiger partial charge in [0, 0.05) is 16.7 Å². The number of quaternary nitrogens is 1. The van der Waals surface area contributed by atoms with Gasteiger partial charge in [-0.25, -0.2) is 4.39 Å². The van der Waals surface area contributed by atoms with Gasteiger partial charge in [0.15, 0.2) is 0 Å². The van der Waals surface area contributed by atoms with E-state index >= 15 is 0 Å². The first-order chi connectivity index (χ1) is 13.7. The van der Waals surface area contributed by atoms with Gasteiger partial charge in [-0.3, -0.25) is 4.79 Å². The number of carbonyl (C=O) groups excluding carboxylic acids is 1. The van der Waals surface area contributed by atoms with E-state index < -0.39 is 0 Å². The Morgan fingerprint density at radius 1 is 0.821 bits per heavy atom. The van der Waals surface area contributed by atoms with E-state index in [-0.39, 0.29) is 17.8 Å². The van der Waals surface area contributed by atoms with E-state index in [9.17, 15) is 9.18 Å². The van der Waals surface area contributed by atoms with Gasteiger partial charge in [-0.1, -0.05) is 66.7 Å². The maximum Gasteiger partial charge on any atom is 0.254 e. The van der Waals surface area contributed by atoms with E-state index in [0.29, 0.717) is 18.7 Å². The fourth-order valence-corrected chi connectivity index (χ4v) is 4.04. The van der Waals surface area contributed by atoms with Gasteiger partial charge >= 0.3 is 0 Å². The van der Waals surface area contributed by atoms with Gasteiger partial charge in [-0.05, 0) is 18.2 Å². The van der Waals surface area contributed by atoms with Gasteiger partial charge in [0.05, 0.1) is 26.2 Å². The highest BCUT2D eigenvalue weighted by molar-refractivity contribution is 5.94. The molecule has 1 aliphatic heterocycles. The fourth-order valence-electron chi connectivity index (χ4n) is 4.04. The van der Waals surface area contributed by atoms with Crippen LogP contribution in [-0.4, -0.2) is 37.0 Å². The maximum absolute atomic E-state index is 13.5. The average Bonchev–Trinajstić information content (AvgIpc) is 2.75. The molecule has 1 N–H and O–H groups in total. The van der Waals surface area contributed by atoms with Crippen LogP contribution < -0.4 is 4.90 Å². The smallest absolute Gasteiger partial charge is 0.254 e. The molecule has 0 spiro atoms. The Balaban J connectivity index is 1.51. The van der Waals surface area contributed by atoms with Crippen molar-refractivity contribution in [2.45, 2.75) is 6.04 Å². The molecule has 1 heterocycles. The van der Waals surface area contributed by atoms with Crippen LogP contribution in [0.15, 0.2) is 84.9 Å². The molecule has 3 aromatic carbocycles. The second kappa shape index (κ2) is 8.36. The molecule has 4 rings (SSSR count). The molecule has 28 heavy (non-hydrogen) atoms. The zero-order chi connectivity index (χ0) is 19.3. The highest BCUT2D eigenvalue weighted by atomic mass is 19.1. The number of hydrogen-bond donors (Lipinski definition) is 1. The molecular formula is C24H24FN2O+. The largest absolute Gasteiger partial charge is 0.327 e. The van der Waals surface area contributed by atoms with E-state index in [1.54, 1.807) is 12.1 Å². The van der Waals surface area contributed by atoms with Crippen molar-refractivity contribution in [1.29, 1.82) is 0 Å². The van der Waals surface area contributed by atoms with Gasteiger partial charge in [0.25, 0.3) is 5.91 Å². The summed E-state index contributed by atoms with van der Waals surface area (Å²) in [4.78, 5) is 16.0. The molecule has 1 fully saturated rings. The normalized spacial score (nSPS) is 15.0. The van der Waals surface area contributed by atoms with E-state index in [2.05, 4.69) is 48.5 Å². The van der Waals surface area contributed by atoms with Crippen molar-refractivity contribution in [3.63, 3.8) is 0 Å². The van der Waals surface area contributed by atoms with Crippen molar-refractivity contribution in [2.24, 2.45) is 0 Å². The third-order valence-corrected chi connectivity index (χ3v) is 5.44. The first-order valence-corrected chi connectivity index (χ1v) is 9.72. The molecule has 0 unspecified atom stereocenters. The van der Waals surface area contributed by atoms with Crippen molar-refractivity contribution in [1.82, 2.24) is 4.90 Å². The lowest BCUT2D eigenvalue weighted by Gasteiger charge is -2.37. The van der Waals surface area contributed by atoms with Crippen LogP contribution in [0.5, 0.6) is 0 Å². The Labute approximate surface area is 165 Å². The molecule has 142 valence electrons. The number of amides is 1. The lowest BCUT2D eigenvalue weighted by molar-refractivity contribution is -0.929. The summed E-state index contributed by atoms with van der Waals surface area (Å²) in [5.74, 6) is -0.460. The zero-order valence-corrected chi connectivity index (χ0v) is 15.7. The molecule has 1 amide bonds. The number of nitrogens with one attached hydrogen (secondary N) is 1. The highest BCUT2D eigenvalue weighted by Gasteiger charge is 2.31. The number of hydrogen-bond acceptors (Lipinski definition) is 1. The van der Waals surface area contributed by atoms with Crippen LogP contribution in [0.2, 0.25) is 0 Å². The van der Waals surface area contributed by atoms with Crippen molar-refractivity contribution < 1.29 is 14.1 Å². The summed E-state index contributed by atoms with van der Waals surface area (Å²) >= 11 is 0. The van der Waals surface area contributed by atoms with Gasteiger partial charge in [0.2, 0.25) is 0 Å². The Hall–Kier alpha value is -2.98. The predicted molar refractivity (Wildman–Crippen MR) is 108 cm³/mol. The minimum atomic E-state index is -0.372. The summed E-state index contributed by atoms with van der Waals surface area (Å²) in [6, 6.07) is 27.3. The van der Waals surface area contributed by atoms with Crippen molar-refractivity contribution in [2.75, 3.05) is 26.2 Å². The number of rotatable bonds is 4. The molecule has 0 saturated carbocycles. The summed E-state index contributed by atoms with van der Waals surface area (Å²) in [5.41, 5.74) is 2.99. The number of nitrogens with zero attached hydrogens (tertiary/aromatic N) is 1. The van der Waals surface area contributed by atoms with Gasteiger partial charge in [-0.2, -0.15) is 0 Å². The van der Waals surface area contributed by atoms with Gasteiger partial charge < -0.3 is 9.80 Å². The van der Waals surface area contributed by atoms with E-state index in [1.165, 1.54) is 28.2 Å². The second-order valence-corrected chi connectivity index (χ2v) is 7.22. The van der Waals surface area contributed by atoms with Gasteiger partial charge in [-0.15, -0.1) is 0 Å². The molecule has 0 bridgehead atoms. The lowest BCUT2D eigenvalue weighted by Crippen LogP contribution is -3.15. The van der Waals surface area contributed by atoms with Crippen LogP contribution in [-0.2, 0) is 0 Å². The molecule has 4 heteroatoms. The van der Waals surface area contributed by atoms with Gasteiger partial charge in [0.1, 0.15) is 11.9 Å². The Bertz CT molecular complexity index is 882. The van der Waals surface area contributed by atoms with Crippen LogP contribution in [0.25, 0.3) is 0 Å². The average molecular weight is 375 g/mol. The minimum absolute atomic E-state index is 0.0884. The van der Waals surface area contributed by atoms with Crippen molar-refractivity contribution in [3.05, 3.63) is 107 Å². The Kier molecular flexibility index (Phi) is 5.49. The molecule has 0 atom stereocenters. The molecule has 1 saturated heterocycles. The lowest BCUT2D eigenvalue weighted by atomic mass is 9.96. The van der Waals surface area contributed by atoms with E-state index in [0.717, 1.165) is 13.1 Å². The summed E-state index contributed by atoms with van der Waals surface area (Å²) < 4.78 is 13.5. The molecule has 0 aliphatic carbocycles. The van der Waals surface area contributed by atoms with Crippen LogP contribution in [0, 0.1) is 5.82 Å². The summed E-state index contributed by atoms with van der Waals surface area (Å²) in [6.07, 6.45) is 0. The standard InChI is InChI=1S/C24H23FN2O/c25-22-13-7-12-21(18-22)24(28)27-16-14-26(15-17-27)23(19-8-3-1-4-9-19)20-10-5-2-6-11-20/h1-13,18,23H,14-17H2/p+1. The monoisotopic (exact) mass is 375 g/mol. The molecule has 0 radical (unpaired) electrons. The van der Waals surface area contributed by atoms with Crippen molar-refractivity contribution >= 4 is 5.91 Å². The first kappa shape index (κ1) is 18.4. The number of carbonyl (C=O) groups is 1. The van der Waals surface area contributed by atoms with E-state index in [4.69, 9.17) is 0 Å². The second-order valence-electron chi connectivity index (χ2n) is 7.22. The van der Waals surface area contributed by atoms with E-state index in [1.807, 2.05) is 17.0 Å². The predicted octanol–water partition coefficient (Wildman–Crippen LogP) is 2.96. The Morgan fingerprint density at radius 3 is 1.93 bits per heavy atom. The van der Waals surface area contributed by atoms with Crippen LogP contribution >= 0.6 is 0 Å². The third kappa shape index (κ3) is 3.97. The third-order valence-electron chi connectivity index (χ3n) is 5.44. The topological polar surface area (TPSA) is 24.8 Å². The Morgan fingerprint density at radius 2 is 1.39 bits per heavy atom. The summed E-state index contributed by atoms with van der Waals surface area (Å²) in [6.45, 7) is 3.05. The quantitative estimate of drug-likeness (QED) is 0.745. The highest BCUT2D eigenvalue weighted by Crippen LogP contribution is 2.19. The van der Waals surface area contributed by atoms with Crippen molar-refractivity contribution in [3.8, 4) is 0 Å². The number of piperazine rings is 1. The SMILES string of the molecule is O=C(c1cccc(F)c1)N1CC[NH+](C(c2ccccc2)c2ccccc2)CC1. The number of halogens is 1. The molecule has 1 aliphatic rings.